The molecule has 0 spiro atoms. The van der Waals surface area contributed by atoms with Crippen molar-refractivity contribution in [3.8, 4) is 0 Å². The quantitative estimate of drug-likeness (QED) is 0.766. The summed E-state index contributed by atoms with van der Waals surface area (Å²) in [5.41, 5.74) is 5.69. The largest absolute Gasteiger partial charge is 0.243 e. The molecule has 0 saturated heterocycles. The number of thiazole rings is 1. The minimum absolute atomic E-state index is 0.509. The predicted octanol–water partition coefficient (Wildman–Crippen LogP) is 3.94. The van der Waals surface area contributed by atoms with Crippen LogP contribution in [-0.2, 0) is 0 Å². The second kappa shape index (κ2) is 3.89. The lowest BCUT2D eigenvalue weighted by molar-refractivity contribution is 0.791. The van der Waals surface area contributed by atoms with E-state index < -0.39 is 0 Å². The topological polar surface area (TPSA) is 25.8 Å². The van der Waals surface area contributed by atoms with Crippen molar-refractivity contribution in [1.29, 1.82) is 0 Å². The summed E-state index contributed by atoms with van der Waals surface area (Å²) in [5, 5.41) is 0. The molecule has 2 heterocycles. The van der Waals surface area contributed by atoms with Crippen LogP contribution in [0.1, 0.15) is 50.7 Å². The minimum atomic E-state index is 0.509. The van der Waals surface area contributed by atoms with Gasteiger partial charge in [0.2, 0.25) is 0 Å². The van der Waals surface area contributed by atoms with Crippen LogP contribution in [0, 0.1) is 0 Å². The molecule has 0 aromatic carbocycles. The average molecular weight is 220 g/mol. The van der Waals surface area contributed by atoms with Gasteiger partial charge in [0.1, 0.15) is 10.3 Å². The van der Waals surface area contributed by atoms with Crippen molar-refractivity contribution in [3.05, 3.63) is 22.8 Å². The molecule has 0 atom stereocenters. The lowest BCUT2D eigenvalue weighted by Gasteiger charge is -2.15. The van der Waals surface area contributed by atoms with Crippen molar-refractivity contribution in [2.24, 2.45) is 0 Å². The number of hydrogen-bond acceptors (Lipinski definition) is 3. The Bertz CT molecular complexity index is 471. The molecule has 0 fully saturated rings. The van der Waals surface area contributed by atoms with Gasteiger partial charge in [-0.2, -0.15) is 0 Å². The number of nitrogens with zero attached hydrogens (tertiary/aromatic N) is 2. The SMILES string of the molecule is CC(C)c1cnc2scnc2c1C(C)C. The standard InChI is InChI=1S/C12H16N2S/c1-7(2)9-5-13-12-11(14-6-15-12)10(9)8(3)4/h5-8H,1-4H3. The number of hydrogen-bond donors (Lipinski definition) is 0. The van der Waals surface area contributed by atoms with Gasteiger partial charge in [0, 0.05) is 6.20 Å². The van der Waals surface area contributed by atoms with Crippen LogP contribution in [0.4, 0.5) is 0 Å². The monoisotopic (exact) mass is 220 g/mol. The highest BCUT2D eigenvalue weighted by atomic mass is 32.1. The molecule has 0 radical (unpaired) electrons. The maximum atomic E-state index is 4.46. The van der Waals surface area contributed by atoms with Crippen molar-refractivity contribution in [2.75, 3.05) is 0 Å². The van der Waals surface area contributed by atoms with Crippen LogP contribution in [0.25, 0.3) is 10.3 Å². The predicted molar refractivity (Wildman–Crippen MR) is 65.6 cm³/mol. The zero-order chi connectivity index (χ0) is 11.0. The molecule has 0 aliphatic heterocycles. The van der Waals surface area contributed by atoms with E-state index in [2.05, 4.69) is 37.7 Å². The third kappa shape index (κ3) is 1.76. The molecule has 2 nitrogen and oxygen atoms in total. The number of fused-ring (bicyclic) bond motifs is 1. The highest BCUT2D eigenvalue weighted by Gasteiger charge is 2.15. The van der Waals surface area contributed by atoms with Crippen molar-refractivity contribution in [2.45, 2.75) is 39.5 Å². The maximum Gasteiger partial charge on any atom is 0.143 e. The number of pyridine rings is 1. The molecule has 80 valence electrons. The molecule has 0 saturated carbocycles. The molecule has 0 aliphatic rings. The van der Waals surface area contributed by atoms with E-state index >= 15 is 0 Å². The van der Waals surface area contributed by atoms with Gasteiger partial charge in [-0.1, -0.05) is 27.7 Å². The van der Waals surface area contributed by atoms with Crippen molar-refractivity contribution >= 4 is 21.7 Å². The third-order valence-corrected chi connectivity index (χ3v) is 3.37. The fraction of sp³-hybridized carbons (Fsp3) is 0.500. The number of aromatic nitrogens is 2. The molecule has 2 aromatic heterocycles. The third-order valence-electron chi connectivity index (χ3n) is 2.64. The van der Waals surface area contributed by atoms with Crippen LogP contribution >= 0.6 is 11.3 Å². The normalized spacial score (nSPS) is 11.9. The van der Waals surface area contributed by atoms with Gasteiger partial charge in [0.25, 0.3) is 0 Å². The van der Waals surface area contributed by atoms with E-state index in [4.69, 9.17) is 0 Å². The summed E-state index contributed by atoms with van der Waals surface area (Å²) in [6.07, 6.45) is 2.01. The molecule has 2 aromatic rings. The highest BCUT2D eigenvalue weighted by molar-refractivity contribution is 7.16. The molecular weight excluding hydrogens is 204 g/mol. The zero-order valence-corrected chi connectivity index (χ0v) is 10.4. The van der Waals surface area contributed by atoms with Crippen LogP contribution in [0.15, 0.2) is 11.7 Å². The second-order valence-corrected chi connectivity index (χ2v) is 5.28. The van der Waals surface area contributed by atoms with Gasteiger partial charge in [0.05, 0.1) is 5.51 Å². The number of rotatable bonds is 2. The first-order valence-electron chi connectivity index (χ1n) is 5.33. The Morgan fingerprint density at radius 1 is 1.07 bits per heavy atom. The summed E-state index contributed by atoms with van der Waals surface area (Å²) >= 11 is 1.62. The molecule has 0 bridgehead atoms. The molecule has 0 N–H and O–H groups in total. The van der Waals surface area contributed by atoms with Gasteiger partial charge >= 0.3 is 0 Å². The minimum Gasteiger partial charge on any atom is -0.243 e. The second-order valence-electron chi connectivity index (χ2n) is 4.44. The molecule has 2 rings (SSSR count). The Balaban J connectivity index is 2.75. The van der Waals surface area contributed by atoms with E-state index in [0.717, 1.165) is 10.3 Å². The fourth-order valence-electron chi connectivity index (χ4n) is 1.92. The molecular formula is C12H16N2S. The van der Waals surface area contributed by atoms with Gasteiger partial charge in [0.15, 0.2) is 0 Å². The summed E-state index contributed by atoms with van der Waals surface area (Å²) in [6.45, 7) is 8.86. The molecule has 15 heavy (non-hydrogen) atoms. The summed E-state index contributed by atoms with van der Waals surface area (Å²) in [4.78, 5) is 9.96. The molecule has 3 heteroatoms. The van der Waals surface area contributed by atoms with Crippen molar-refractivity contribution in [3.63, 3.8) is 0 Å². The van der Waals surface area contributed by atoms with Crippen LogP contribution in [0.5, 0.6) is 0 Å². The van der Waals surface area contributed by atoms with Crippen LogP contribution < -0.4 is 0 Å². The van der Waals surface area contributed by atoms with Crippen molar-refractivity contribution < 1.29 is 0 Å². The molecule has 0 aliphatic carbocycles. The Labute approximate surface area is 94.4 Å². The van der Waals surface area contributed by atoms with Crippen LogP contribution in [0.2, 0.25) is 0 Å². The summed E-state index contributed by atoms with van der Waals surface area (Å²) < 4.78 is 0. The van der Waals surface area contributed by atoms with Crippen molar-refractivity contribution in [1.82, 2.24) is 9.97 Å². The summed E-state index contributed by atoms with van der Waals surface area (Å²) in [6, 6.07) is 0. The fourth-order valence-corrected chi connectivity index (χ4v) is 2.56. The van der Waals surface area contributed by atoms with Gasteiger partial charge < -0.3 is 0 Å². The summed E-state index contributed by atoms with van der Waals surface area (Å²) in [7, 11) is 0. The lowest BCUT2D eigenvalue weighted by atomic mass is 9.92. The van der Waals surface area contributed by atoms with Gasteiger partial charge in [-0.3, -0.25) is 0 Å². The summed E-state index contributed by atoms with van der Waals surface area (Å²) in [5.74, 6) is 1.02. The Morgan fingerprint density at radius 2 is 1.80 bits per heavy atom. The average Bonchev–Trinajstić information content (AvgIpc) is 2.62. The van der Waals surface area contributed by atoms with Crippen LogP contribution in [-0.4, -0.2) is 9.97 Å². The van der Waals surface area contributed by atoms with E-state index in [9.17, 15) is 0 Å². The Kier molecular flexibility index (Phi) is 2.74. The zero-order valence-electron chi connectivity index (χ0n) is 9.61. The van der Waals surface area contributed by atoms with E-state index in [-0.39, 0.29) is 0 Å². The first-order valence-corrected chi connectivity index (χ1v) is 6.21. The van der Waals surface area contributed by atoms with E-state index in [1.807, 2.05) is 11.7 Å². The van der Waals surface area contributed by atoms with Crippen LogP contribution in [0.3, 0.4) is 0 Å². The van der Waals surface area contributed by atoms with E-state index in [1.165, 1.54) is 11.1 Å². The Morgan fingerprint density at radius 3 is 2.40 bits per heavy atom. The maximum absolute atomic E-state index is 4.46. The molecule has 0 amide bonds. The van der Waals surface area contributed by atoms with Gasteiger partial charge in [-0.15, -0.1) is 11.3 Å². The molecule has 0 unspecified atom stereocenters. The highest BCUT2D eigenvalue weighted by Crippen LogP contribution is 2.32. The van der Waals surface area contributed by atoms with Gasteiger partial charge in [-0.25, -0.2) is 9.97 Å². The lowest BCUT2D eigenvalue weighted by Crippen LogP contribution is -2.00. The van der Waals surface area contributed by atoms with Gasteiger partial charge in [-0.05, 0) is 23.0 Å². The Hall–Kier alpha value is -0.960. The first kappa shape index (κ1) is 10.6. The smallest absolute Gasteiger partial charge is 0.143 e. The first-order chi connectivity index (χ1) is 7.11. The van der Waals surface area contributed by atoms with E-state index in [0.29, 0.717) is 11.8 Å². The van der Waals surface area contributed by atoms with E-state index in [1.54, 1.807) is 11.3 Å².